The molecular weight excluding hydrogens is 258 g/mol. The predicted molar refractivity (Wildman–Crippen MR) is 75.0 cm³/mol. The molecular formula is C13H15N5O2. The first kappa shape index (κ1) is 13.6. The van der Waals surface area contributed by atoms with E-state index in [2.05, 4.69) is 10.4 Å². The molecule has 20 heavy (non-hydrogen) atoms. The van der Waals surface area contributed by atoms with Crippen LogP contribution in [0.25, 0.3) is 0 Å². The Bertz CT molecular complexity index is 663. The van der Waals surface area contributed by atoms with Crippen molar-refractivity contribution < 1.29 is 9.59 Å². The number of amides is 2. The highest BCUT2D eigenvalue weighted by Gasteiger charge is 2.09. The zero-order chi connectivity index (χ0) is 14.7. The number of rotatable bonds is 4. The molecule has 0 aliphatic heterocycles. The standard InChI is InChI=1S/C13H15N5O2/c1-8-10(14)3-2-4-11(8)17-12(19)7-18-6-9(5-16-18)13(15)20/h2-6H,7,14H2,1H3,(H2,15,20)(H,17,19). The van der Waals surface area contributed by atoms with E-state index in [-0.39, 0.29) is 18.0 Å². The van der Waals surface area contributed by atoms with Gasteiger partial charge >= 0.3 is 0 Å². The van der Waals surface area contributed by atoms with E-state index >= 15 is 0 Å². The highest BCUT2D eigenvalue weighted by Crippen LogP contribution is 2.20. The van der Waals surface area contributed by atoms with Crippen LogP contribution in [0.4, 0.5) is 11.4 Å². The zero-order valence-corrected chi connectivity index (χ0v) is 11.0. The Balaban J connectivity index is 2.05. The lowest BCUT2D eigenvalue weighted by molar-refractivity contribution is -0.116. The summed E-state index contributed by atoms with van der Waals surface area (Å²) in [4.78, 5) is 22.8. The van der Waals surface area contributed by atoms with Gasteiger partial charge in [0.1, 0.15) is 6.54 Å². The van der Waals surface area contributed by atoms with Gasteiger partial charge in [-0.25, -0.2) is 0 Å². The van der Waals surface area contributed by atoms with Crippen LogP contribution in [0.5, 0.6) is 0 Å². The van der Waals surface area contributed by atoms with E-state index in [4.69, 9.17) is 11.5 Å². The summed E-state index contributed by atoms with van der Waals surface area (Å²) in [5, 5.41) is 6.63. The second-order valence-corrected chi connectivity index (χ2v) is 4.36. The minimum Gasteiger partial charge on any atom is -0.398 e. The third kappa shape index (κ3) is 2.94. The first-order valence-electron chi connectivity index (χ1n) is 5.94. The topological polar surface area (TPSA) is 116 Å². The molecule has 0 saturated heterocycles. The molecule has 0 spiro atoms. The molecule has 0 aliphatic carbocycles. The Morgan fingerprint density at radius 1 is 1.40 bits per heavy atom. The van der Waals surface area contributed by atoms with E-state index < -0.39 is 5.91 Å². The number of hydrogen-bond donors (Lipinski definition) is 3. The van der Waals surface area contributed by atoms with Gasteiger partial charge in [-0.3, -0.25) is 14.3 Å². The third-order valence-corrected chi connectivity index (χ3v) is 2.87. The van der Waals surface area contributed by atoms with Gasteiger partial charge in [-0.15, -0.1) is 0 Å². The van der Waals surface area contributed by atoms with Gasteiger partial charge in [0.15, 0.2) is 0 Å². The van der Waals surface area contributed by atoms with Gasteiger partial charge in [-0.1, -0.05) is 6.07 Å². The maximum Gasteiger partial charge on any atom is 0.251 e. The Kier molecular flexibility index (Phi) is 3.69. The maximum absolute atomic E-state index is 11.9. The van der Waals surface area contributed by atoms with Crippen molar-refractivity contribution in [3.8, 4) is 0 Å². The van der Waals surface area contributed by atoms with E-state index in [1.807, 2.05) is 6.92 Å². The lowest BCUT2D eigenvalue weighted by Crippen LogP contribution is -2.20. The summed E-state index contributed by atoms with van der Waals surface area (Å²) in [6, 6.07) is 5.29. The lowest BCUT2D eigenvalue weighted by atomic mass is 10.1. The molecule has 1 aromatic carbocycles. The fourth-order valence-electron chi connectivity index (χ4n) is 1.70. The summed E-state index contributed by atoms with van der Waals surface area (Å²) >= 11 is 0. The number of nitrogen functional groups attached to an aromatic ring is 1. The van der Waals surface area contributed by atoms with Gasteiger partial charge in [0.05, 0.1) is 11.8 Å². The third-order valence-electron chi connectivity index (χ3n) is 2.87. The summed E-state index contributed by atoms with van der Waals surface area (Å²) < 4.78 is 1.34. The average molecular weight is 273 g/mol. The van der Waals surface area contributed by atoms with Gasteiger partial charge in [0, 0.05) is 17.6 Å². The van der Waals surface area contributed by atoms with Crippen molar-refractivity contribution in [2.75, 3.05) is 11.1 Å². The van der Waals surface area contributed by atoms with Crippen molar-refractivity contribution >= 4 is 23.2 Å². The van der Waals surface area contributed by atoms with E-state index in [0.717, 1.165) is 5.56 Å². The highest BCUT2D eigenvalue weighted by molar-refractivity contribution is 5.93. The molecule has 1 aromatic heterocycles. The molecule has 0 unspecified atom stereocenters. The van der Waals surface area contributed by atoms with Gasteiger partial charge < -0.3 is 16.8 Å². The van der Waals surface area contributed by atoms with Gasteiger partial charge in [0.2, 0.25) is 5.91 Å². The monoisotopic (exact) mass is 273 g/mol. The minimum absolute atomic E-state index is 0.0124. The number of primary amides is 1. The number of anilines is 2. The molecule has 2 rings (SSSR count). The van der Waals surface area contributed by atoms with E-state index in [1.54, 1.807) is 18.2 Å². The molecule has 0 aliphatic rings. The molecule has 5 N–H and O–H groups in total. The molecule has 7 nitrogen and oxygen atoms in total. The van der Waals surface area contributed by atoms with Crippen molar-refractivity contribution in [3.63, 3.8) is 0 Å². The number of aromatic nitrogens is 2. The van der Waals surface area contributed by atoms with Crippen molar-refractivity contribution in [1.82, 2.24) is 9.78 Å². The quantitative estimate of drug-likeness (QED) is 0.704. The molecule has 2 aromatic rings. The van der Waals surface area contributed by atoms with Crippen molar-refractivity contribution in [1.29, 1.82) is 0 Å². The summed E-state index contributed by atoms with van der Waals surface area (Å²) in [7, 11) is 0. The van der Waals surface area contributed by atoms with E-state index in [9.17, 15) is 9.59 Å². The summed E-state index contributed by atoms with van der Waals surface area (Å²) in [6.45, 7) is 1.81. The molecule has 2 amide bonds. The molecule has 0 fully saturated rings. The lowest BCUT2D eigenvalue weighted by Gasteiger charge is -2.10. The molecule has 0 atom stereocenters. The first-order valence-corrected chi connectivity index (χ1v) is 5.94. The number of nitrogens with two attached hydrogens (primary N) is 2. The number of nitrogens with one attached hydrogen (secondary N) is 1. The summed E-state index contributed by atoms with van der Waals surface area (Å²) in [6.07, 6.45) is 2.75. The number of carbonyl (C=O) groups is 2. The normalized spacial score (nSPS) is 10.2. The Hall–Kier alpha value is -2.83. The fourth-order valence-corrected chi connectivity index (χ4v) is 1.70. The van der Waals surface area contributed by atoms with Crippen LogP contribution in [-0.2, 0) is 11.3 Å². The van der Waals surface area contributed by atoms with Crippen LogP contribution in [0, 0.1) is 6.92 Å². The molecule has 104 valence electrons. The summed E-state index contributed by atoms with van der Waals surface area (Å²) in [5.41, 5.74) is 13.2. The van der Waals surface area contributed by atoms with E-state index in [1.165, 1.54) is 17.1 Å². The van der Waals surface area contributed by atoms with Crippen LogP contribution in [0.3, 0.4) is 0 Å². The van der Waals surface area contributed by atoms with Crippen molar-refractivity contribution in [3.05, 3.63) is 41.7 Å². The van der Waals surface area contributed by atoms with Gasteiger partial charge in [0.25, 0.3) is 5.91 Å². The van der Waals surface area contributed by atoms with Crippen LogP contribution < -0.4 is 16.8 Å². The smallest absolute Gasteiger partial charge is 0.251 e. The largest absolute Gasteiger partial charge is 0.398 e. The van der Waals surface area contributed by atoms with E-state index in [0.29, 0.717) is 11.4 Å². The van der Waals surface area contributed by atoms with Crippen LogP contribution in [0.15, 0.2) is 30.6 Å². The summed E-state index contributed by atoms with van der Waals surface area (Å²) in [5.74, 6) is -0.846. The Morgan fingerprint density at radius 2 is 2.15 bits per heavy atom. The molecule has 0 saturated carbocycles. The van der Waals surface area contributed by atoms with Crippen LogP contribution >= 0.6 is 0 Å². The molecule has 1 heterocycles. The zero-order valence-electron chi connectivity index (χ0n) is 11.0. The second-order valence-electron chi connectivity index (χ2n) is 4.36. The number of nitrogens with zero attached hydrogens (tertiary/aromatic N) is 2. The highest BCUT2D eigenvalue weighted by atomic mass is 16.2. The van der Waals surface area contributed by atoms with Crippen LogP contribution in [-0.4, -0.2) is 21.6 Å². The predicted octanol–water partition coefficient (Wildman–Crippen LogP) is 0.511. The van der Waals surface area contributed by atoms with Gasteiger partial charge in [-0.2, -0.15) is 5.10 Å². The first-order chi connectivity index (χ1) is 9.47. The fraction of sp³-hybridized carbons (Fsp3) is 0.154. The average Bonchev–Trinajstić information content (AvgIpc) is 2.83. The molecule has 7 heteroatoms. The van der Waals surface area contributed by atoms with Gasteiger partial charge in [-0.05, 0) is 24.6 Å². The number of carbonyl (C=O) groups excluding carboxylic acids is 2. The molecule has 0 radical (unpaired) electrons. The second kappa shape index (κ2) is 5.43. The Morgan fingerprint density at radius 3 is 2.80 bits per heavy atom. The number of benzene rings is 1. The van der Waals surface area contributed by atoms with Crippen molar-refractivity contribution in [2.45, 2.75) is 13.5 Å². The maximum atomic E-state index is 11.9. The molecule has 0 bridgehead atoms. The minimum atomic E-state index is -0.580. The van der Waals surface area contributed by atoms with Crippen LogP contribution in [0.1, 0.15) is 15.9 Å². The number of hydrogen-bond acceptors (Lipinski definition) is 4. The van der Waals surface area contributed by atoms with Crippen LogP contribution in [0.2, 0.25) is 0 Å². The Labute approximate surface area is 115 Å². The SMILES string of the molecule is Cc1c(N)cccc1NC(=O)Cn1cc(C(N)=O)cn1. The van der Waals surface area contributed by atoms with Crippen molar-refractivity contribution in [2.24, 2.45) is 5.73 Å².